The van der Waals surface area contributed by atoms with E-state index in [0.29, 0.717) is 23.1 Å². The van der Waals surface area contributed by atoms with Crippen LogP contribution in [0.25, 0.3) is 16.8 Å². The van der Waals surface area contributed by atoms with E-state index in [1.165, 1.54) is 6.08 Å². The number of methoxy groups -OCH3 is 1. The van der Waals surface area contributed by atoms with E-state index in [9.17, 15) is 4.79 Å². The molecule has 192 valence electrons. The van der Waals surface area contributed by atoms with Crippen LogP contribution in [0.4, 0.5) is 23.0 Å². The number of carbonyl (C=O) groups excluding carboxylic acids is 1. The van der Waals surface area contributed by atoms with Crippen molar-refractivity contribution < 1.29 is 9.53 Å². The Bertz CT molecular complexity index is 1430. The molecule has 0 fully saturated rings. The molecule has 0 aliphatic heterocycles. The van der Waals surface area contributed by atoms with Crippen LogP contribution in [0.15, 0.2) is 61.4 Å². The van der Waals surface area contributed by atoms with Crippen LogP contribution in [0, 0.1) is 6.92 Å². The number of pyridine rings is 1. The Morgan fingerprint density at radius 3 is 2.70 bits per heavy atom. The molecule has 0 saturated carbocycles. The van der Waals surface area contributed by atoms with Crippen LogP contribution < -0.4 is 20.3 Å². The molecular weight excluding hydrogens is 468 g/mol. The summed E-state index contributed by atoms with van der Waals surface area (Å²) in [6.07, 6.45) is 4.74. The molecule has 37 heavy (non-hydrogen) atoms. The van der Waals surface area contributed by atoms with E-state index >= 15 is 0 Å². The molecule has 0 aliphatic rings. The Kier molecular flexibility index (Phi) is 7.69. The molecule has 0 saturated heterocycles. The Hall–Kier alpha value is -4.44. The fourth-order valence-electron chi connectivity index (χ4n) is 3.94. The maximum atomic E-state index is 12.2. The van der Waals surface area contributed by atoms with E-state index in [0.717, 1.165) is 41.2 Å². The number of fused-ring (bicyclic) bond motifs is 1. The van der Waals surface area contributed by atoms with Gasteiger partial charge in [0.2, 0.25) is 11.9 Å². The first-order valence-corrected chi connectivity index (χ1v) is 11.9. The predicted octanol–water partition coefficient (Wildman–Crippen LogP) is 3.97. The largest absolute Gasteiger partial charge is 0.494 e. The molecule has 1 aromatic carbocycles. The van der Waals surface area contributed by atoms with Gasteiger partial charge >= 0.3 is 0 Å². The number of nitrogens with zero attached hydrogens (tertiary/aromatic N) is 6. The standard InChI is InChI=1S/C27H32N8O2/c1-7-26(36)30-21-15-22(25(37-6)16-24(21)34(5)14-13-33(3)4)32-27-28-12-11-20(31-27)19-17-29-35-18(2)9-8-10-23(19)35/h7-12,15-17H,1,13-14H2,2-6H3,(H,30,36)(H,28,31,32). The topological polar surface area (TPSA) is 99.9 Å². The van der Waals surface area contributed by atoms with E-state index in [-0.39, 0.29) is 5.91 Å². The number of rotatable bonds is 10. The molecule has 2 N–H and O–H groups in total. The maximum absolute atomic E-state index is 12.2. The highest BCUT2D eigenvalue weighted by Crippen LogP contribution is 2.38. The number of anilines is 4. The van der Waals surface area contributed by atoms with E-state index in [1.54, 1.807) is 19.5 Å². The molecule has 3 aromatic heterocycles. The smallest absolute Gasteiger partial charge is 0.247 e. The van der Waals surface area contributed by atoms with Crippen LogP contribution in [0.5, 0.6) is 5.75 Å². The van der Waals surface area contributed by atoms with Gasteiger partial charge in [-0.1, -0.05) is 12.6 Å². The quantitative estimate of drug-likeness (QED) is 0.316. The normalized spacial score (nSPS) is 11.0. The van der Waals surface area contributed by atoms with Gasteiger partial charge in [-0.15, -0.1) is 0 Å². The molecule has 0 aliphatic carbocycles. The Labute approximate surface area is 216 Å². The zero-order chi connectivity index (χ0) is 26.5. The third kappa shape index (κ3) is 5.70. The van der Waals surface area contributed by atoms with Crippen LogP contribution in [0.3, 0.4) is 0 Å². The number of aromatic nitrogens is 4. The number of hydrogen-bond acceptors (Lipinski definition) is 8. The summed E-state index contributed by atoms with van der Waals surface area (Å²) in [5.41, 5.74) is 5.67. The van der Waals surface area contributed by atoms with Gasteiger partial charge in [-0.3, -0.25) is 4.79 Å². The second-order valence-electron chi connectivity index (χ2n) is 8.90. The summed E-state index contributed by atoms with van der Waals surface area (Å²) in [6, 6.07) is 11.6. The third-order valence-corrected chi connectivity index (χ3v) is 5.97. The van der Waals surface area contributed by atoms with Crippen LogP contribution in [0.1, 0.15) is 5.69 Å². The Balaban J connectivity index is 1.70. The van der Waals surface area contributed by atoms with Gasteiger partial charge in [0, 0.05) is 43.7 Å². The van der Waals surface area contributed by atoms with Crippen molar-refractivity contribution in [2.45, 2.75) is 6.92 Å². The summed E-state index contributed by atoms with van der Waals surface area (Å²) in [6.45, 7) is 7.18. The maximum Gasteiger partial charge on any atom is 0.247 e. The summed E-state index contributed by atoms with van der Waals surface area (Å²) in [7, 11) is 7.61. The number of aryl methyl sites for hydroxylation is 1. The number of ether oxygens (including phenoxy) is 1. The van der Waals surface area contributed by atoms with Gasteiger partial charge in [-0.25, -0.2) is 14.5 Å². The monoisotopic (exact) mass is 500 g/mol. The first-order chi connectivity index (χ1) is 17.8. The number of likely N-dealkylation sites (N-methyl/N-ethyl adjacent to an activating group) is 2. The highest BCUT2D eigenvalue weighted by Gasteiger charge is 2.17. The highest BCUT2D eigenvalue weighted by molar-refractivity contribution is 6.02. The first-order valence-electron chi connectivity index (χ1n) is 11.9. The second kappa shape index (κ2) is 11.1. The molecule has 0 unspecified atom stereocenters. The molecule has 0 spiro atoms. The van der Waals surface area contributed by atoms with Crippen LogP contribution in [0.2, 0.25) is 0 Å². The summed E-state index contributed by atoms with van der Waals surface area (Å²) in [5, 5.41) is 10.7. The van der Waals surface area contributed by atoms with Gasteiger partial charge in [0.15, 0.2) is 0 Å². The number of amides is 1. The van der Waals surface area contributed by atoms with Gasteiger partial charge < -0.3 is 25.2 Å². The van der Waals surface area contributed by atoms with Crippen LogP contribution in [-0.2, 0) is 4.79 Å². The number of hydrogen-bond donors (Lipinski definition) is 2. The predicted molar refractivity (Wildman–Crippen MR) is 148 cm³/mol. The molecule has 0 radical (unpaired) electrons. The van der Waals surface area contributed by atoms with E-state index in [2.05, 4.69) is 37.1 Å². The minimum atomic E-state index is -0.306. The summed E-state index contributed by atoms with van der Waals surface area (Å²) in [5.74, 6) is 0.668. The summed E-state index contributed by atoms with van der Waals surface area (Å²) >= 11 is 0. The molecular formula is C27H32N8O2. The van der Waals surface area contributed by atoms with Gasteiger partial charge in [-0.2, -0.15) is 5.10 Å². The molecule has 4 rings (SSSR count). The molecule has 0 bridgehead atoms. The molecule has 3 heterocycles. The van der Waals surface area contributed by atoms with E-state index in [1.807, 2.05) is 69.0 Å². The summed E-state index contributed by atoms with van der Waals surface area (Å²) < 4.78 is 7.57. The Morgan fingerprint density at radius 2 is 1.97 bits per heavy atom. The van der Waals surface area contributed by atoms with Crippen molar-refractivity contribution in [1.82, 2.24) is 24.5 Å². The lowest BCUT2D eigenvalue weighted by Gasteiger charge is -2.26. The number of carbonyl (C=O) groups is 1. The van der Waals surface area contributed by atoms with Crippen molar-refractivity contribution in [1.29, 1.82) is 0 Å². The average Bonchev–Trinajstić information content (AvgIpc) is 3.33. The Morgan fingerprint density at radius 1 is 1.16 bits per heavy atom. The molecule has 10 heteroatoms. The van der Waals surface area contributed by atoms with Gasteiger partial charge in [0.05, 0.1) is 41.6 Å². The van der Waals surface area contributed by atoms with E-state index < -0.39 is 0 Å². The van der Waals surface area contributed by atoms with Crippen molar-refractivity contribution in [3.05, 3.63) is 67.1 Å². The van der Waals surface area contributed by atoms with Crippen molar-refractivity contribution in [2.75, 3.05) is 56.9 Å². The van der Waals surface area contributed by atoms with Gasteiger partial charge in [0.25, 0.3) is 0 Å². The lowest BCUT2D eigenvalue weighted by Crippen LogP contribution is -2.29. The van der Waals surface area contributed by atoms with Crippen molar-refractivity contribution in [2.24, 2.45) is 0 Å². The summed E-state index contributed by atoms with van der Waals surface area (Å²) in [4.78, 5) is 25.5. The number of nitrogens with one attached hydrogen (secondary N) is 2. The minimum Gasteiger partial charge on any atom is -0.494 e. The van der Waals surface area contributed by atoms with Gasteiger partial charge in [0.1, 0.15) is 5.75 Å². The zero-order valence-electron chi connectivity index (χ0n) is 21.8. The first kappa shape index (κ1) is 25.6. The SMILES string of the molecule is C=CC(=O)Nc1cc(Nc2nccc(-c3cnn4c(C)cccc34)n2)c(OC)cc1N(C)CCN(C)C. The molecule has 10 nitrogen and oxygen atoms in total. The lowest BCUT2D eigenvalue weighted by molar-refractivity contribution is -0.111. The van der Waals surface area contributed by atoms with Crippen LogP contribution >= 0.6 is 0 Å². The minimum absolute atomic E-state index is 0.306. The molecule has 0 atom stereocenters. The third-order valence-electron chi connectivity index (χ3n) is 5.97. The lowest BCUT2D eigenvalue weighted by atomic mass is 10.2. The van der Waals surface area contributed by atoms with Crippen molar-refractivity contribution in [3.63, 3.8) is 0 Å². The van der Waals surface area contributed by atoms with Crippen LogP contribution in [-0.4, -0.2) is 71.7 Å². The fourth-order valence-corrected chi connectivity index (χ4v) is 3.94. The van der Waals surface area contributed by atoms with Crippen molar-refractivity contribution >= 4 is 34.4 Å². The highest BCUT2D eigenvalue weighted by atomic mass is 16.5. The molecule has 4 aromatic rings. The second-order valence-corrected chi connectivity index (χ2v) is 8.90. The average molecular weight is 501 g/mol. The molecule has 1 amide bonds. The fraction of sp³-hybridized carbons (Fsp3) is 0.259. The van der Waals surface area contributed by atoms with Gasteiger partial charge in [-0.05, 0) is 51.4 Å². The van der Waals surface area contributed by atoms with Crippen molar-refractivity contribution in [3.8, 4) is 17.0 Å². The number of benzene rings is 1. The zero-order valence-corrected chi connectivity index (χ0v) is 21.8. The van der Waals surface area contributed by atoms with E-state index in [4.69, 9.17) is 9.72 Å².